The second-order valence-electron chi connectivity index (χ2n) is 10.2. The van der Waals surface area contributed by atoms with Gasteiger partial charge in [-0.15, -0.1) is 0 Å². The molecule has 37 heavy (non-hydrogen) atoms. The summed E-state index contributed by atoms with van der Waals surface area (Å²) in [4.78, 5) is 37.7. The maximum absolute atomic E-state index is 12.8. The van der Waals surface area contributed by atoms with Gasteiger partial charge in [0.2, 0.25) is 17.7 Å². The monoisotopic (exact) mass is 499 g/mol. The Balaban J connectivity index is 0.00000264. The first-order chi connectivity index (χ1) is 18.0. The molecule has 2 aromatic heterocycles. The molecule has 9 heteroatoms. The van der Waals surface area contributed by atoms with Crippen molar-refractivity contribution in [2.45, 2.75) is 45.3 Å². The molecule has 1 aromatic carbocycles. The van der Waals surface area contributed by atoms with E-state index in [1.807, 2.05) is 60.2 Å². The van der Waals surface area contributed by atoms with Crippen molar-refractivity contribution in [3.63, 3.8) is 0 Å². The van der Waals surface area contributed by atoms with Crippen LogP contribution in [-0.2, 0) is 9.59 Å². The fourth-order valence-corrected chi connectivity index (χ4v) is 5.88. The van der Waals surface area contributed by atoms with Crippen LogP contribution in [0.25, 0.3) is 11.1 Å². The van der Waals surface area contributed by atoms with E-state index in [4.69, 9.17) is 9.47 Å². The van der Waals surface area contributed by atoms with Gasteiger partial charge in [-0.1, -0.05) is 6.92 Å². The third-order valence-electron chi connectivity index (χ3n) is 7.74. The molecule has 7 rings (SSSR count). The maximum atomic E-state index is 12.8. The van der Waals surface area contributed by atoms with Crippen molar-refractivity contribution in [1.82, 2.24) is 9.97 Å². The summed E-state index contributed by atoms with van der Waals surface area (Å²) in [7, 11) is 0. The number of ether oxygens (including phenoxy) is 2. The number of anilines is 4. The number of nitrogens with zero attached hydrogens (tertiary/aromatic N) is 4. The van der Waals surface area contributed by atoms with Gasteiger partial charge in [-0.05, 0) is 44.0 Å². The second kappa shape index (κ2) is 8.19. The van der Waals surface area contributed by atoms with Crippen LogP contribution in [-0.4, -0.2) is 41.0 Å². The molecule has 2 fully saturated rings. The van der Waals surface area contributed by atoms with Gasteiger partial charge in [-0.2, -0.15) is 0 Å². The summed E-state index contributed by atoms with van der Waals surface area (Å²) in [6.45, 7) is 5.19. The Kier molecular flexibility index (Phi) is 4.89. The molecule has 0 bridgehead atoms. The lowest BCUT2D eigenvalue weighted by Crippen LogP contribution is -2.41. The van der Waals surface area contributed by atoms with Crippen molar-refractivity contribution in [3.8, 4) is 22.8 Å². The lowest BCUT2D eigenvalue weighted by molar-refractivity contribution is -0.120. The van der Waals surface area contributed by atoms with E-state index < -0.39 is 0 Å². The van der Waals surface area contributed by atoms with E-state index in [9.17, 15) is 9.59 Å². The Morgan fingerprint density at radius 2 is 1.97 bits per heavy atom. The van der Waals surface area contributed by atoms with Crippen LogP contribution in [0, 0.1) is 5.92 Å². The van der Waals surface area contributed by atoms with E-state index in [2.05, 4.69) is 15.3 Å². The largest absolute Gasteiger partial charge is 0.485 e. The minimum atomic E-state index is -0.185. The highest BCUT2D eigenvalue weighted by Gasteiger charge is 2.42. The molecule has 2 unspecified atom stereocenters. The van der Waals surface area contributed by atoms with E-state index in [1.54, 1.807) is 6.20 Å². The summed E-state index contributed by atoms with van der Waals surface area (Å²) >= 11 is 0. The average Bonchev–Trinajstić information content (AvgIpc) is 3.46. The third kappa shape index (κ3) is 3.52. The summed E-state index contributed by atoms with van der Waals surface area (Å²) in [5, 5.41) is 3.34. The molecule has 190 valence electrons. The summed E-state index contributed by atoms with van der Waals surface area (Å²) < 4.78 is 12.1. The number of fused-ring (bicyclic) bond motifs is 6. The van der Waals surface area contributed by atoms with E-state index in [1.165, 1.54) is 0 Å². The van der Waals surface area contributed by atoms with Gasteiger partial charge in [0, 0.05) is 55.0 Å². The Morgan fingerprint density at radius 3 is 2.81 bits per heavy atom. The lowest BCUT2D eigenvalue weighted by Gasteiger charge is -2.31. The van der Waals surface area contributed by atoms with Gasteiger partial charge in [0.25, 0.3) is 0 Å². The number of pyridine rings is 2. The van der Waals surface area contributed by atoms with Gasteiger partial charge in [0.05, 0.1) is 17.9 Å². The molecule has 0 aliphatic carbocycles. The molecule has 2 amide bonds. The molecule has 2 saturated heterocycles. The first-order valence-corrected chi connectivity index (χ1v) is 12.8. The normalized spacial score (nSPS) is 23.6. The maximum Gasteiger partial charge on any atom is 0.238 e. The van der Waals surface area contributed by atoms with Crippen molar-refractivity contribution in [3.05, 3.63) is 48.3 Å². The number of aromatic nitrogens is 2. The van der Waals surface area contributed by atoms with E-state index in [0.717, 1.165) is 53.2 Å². The third-order valence-corrected chi connectivity index (χ3v) is 7.74. The van der Waals surface area contributed by atoms with Crippen molar-refractivity contribution >= 4 is 34.7 Å². The zero-order chi connectivity index (χ0) is 25.3. The van der Waals surface area contributed by atoms with Crippen molar-refractivity contribution < 1.29 is 20.5 Å². The second-order valence-corrected chi connectivity index (χ2v) is 10.2. The number of benzene rings is 1. The topological polar surface area (TPSA) is 96.9 Å². The zero-order valence-electron chi connectivity index (χ0n) is 20.7. The number of hydrogen-bond acceptors (Lipinski definition) is 7. The fourth-order valence-electron chi connectivity index (χ4n) is 5.88. The predicted molar refractivity (Wildman–Crippen MR) is 140 cm³/mol. The number of carbonyl (C=O) groups is 2. The van der Waals surface area contributed by atoms with Gasteiger partial charge in [0.15, 0.2) is 0 Å². The minimum Gasteiger partial charge on any atom is -0.485 e. The van der Waals surface area contributed by atoms with E-state index >= 15 is 0 Å². The lowest BCUT2D eigenvalue weighted by atomic mass is 9.94. The summed E-state index contributed by atoms with van der Waals surface area (Å²) in [6.07, 6.45) is 5.63. The molecule has 4 aliphatic heterocycles. The highest BCUT2D eigenvalue weighted by atomic mass is 16.5. The average molecular weight is 500 g/mol. The molecule has 3 aromatic rings. The summed E-state index contributed by atoms with van der Waals surface area (Å²) in [5.74, 6) is 2.16. The van der Waals surface area contributed by atoms with E-state index in [-0.39, 0.29) is 31.3 Å². The van der Waals surface area contributed by atoms with Gasteiger partial charge in [-0.3, -0.25) is 9.59 Å². The highest BCUT2D eigenvalue weighted by Crippen LogP contribution is 2.45. The van der Waals surface area contributed by atoms with E-state index in [0.29, 0.717) is 30.4 Å². The van der Waals surface area contributed by atoms with Crippen LogP contribution in [0.3, 0.4) is 0 Å². The first-order valence-electron chi connectivity index (χ1n) is 12.8. The fraction of sp³-hybridized carbons (Fsp3) is 0.357. The van der Waals surface area contributed by atoms with Gasteiger partial charge in [-0.25, -0.2) is 9.97 Å². The molecular weight excluding hydrogens is 470 g/mol. The number of hydrogen-bond donors (Lipinski definition) is 1. The van der Waals surface area contributed by atoms with Crippen LogP contribution >= 0.6 is 0 Å². The molecule has 1 N–H and O–H groups in total. The number of nitrogens with one attached hydrogen (secondary N) is 1. The molecule has 4 aliphatic rings. The van der Waals surface area contributed by atoms with Gasteiger partial charge in [0.1, 0.15) is 30.0 Å². The van der Waals surface area contributed by atoms with Crippen LogP contribution in [0.2, 0.25) is 0 Å². The Bertz CT molecular complexity index is 1460. The van der Waals surface area contributed by atoms with Gasteiger partial charge < -0.3 is 24.6 Å². The Labute approximate surface area is 215 Å². The van der Waals surface area contributed by atoms with Crippen molar-refractivity contribution in [2.24, 2.45) is 5.92 Å². The predicted octanol–water partition coefficient (Wildman–Crippen LogP) is 4.85. The molecule has 6 heterocycles. The SMILES string of the molecule is CC1C[C@H]2COc3ncc(Nc4cc5c(cn4)-c4ccc(N6CCCC6=O)cc4OC5C)cc3N2C1=O.[HH]. The molecule has 0 saturated carbocycles. The quantitative estimate of drug-likeness (QED) is 0.550. The Hall–Kier alpha value is -4.14. The molecule has 0 radical (unpaired) electrons. The molecular formula is C28H29N5O4. The van der Waals surface area contributed by atoms with Crippen LogP contribution in [0.5, 0.6) is 11.6 Å². The van der Waals surface area contributed by atoms with Crippen LogP contribution in [0.1, 0.15) is 46.2 Å². The number of rotatable bonds is 3. The zero-order valence-corrected chi connectivity index (χ0v) is 20.7. The van der Waals surface area contributed by atoms with Crippen LogP contribution in [0.15, 0.2) is 42.7 Å². The van der Waals surface area contributed by atoms with Crippen LogP contribution < -0.4 is 24.6 Å². The molecule has 9 nitrogen and oxygen atoms in total. The minimum absolute atomic E-state index is 0. The Morgan fingerprint density at radius 1 is 1.08 bits per heavy atom. The number of amides is 2. The highest BCUT2D eigenvalue weighted by molar-refractivity contribution is 6.00. The number of carbonyl (C=O) groups excluding carboxylic acids is 2. The van der Waals surface area contributed by atoms with Crippen molar-refractivity contribution in [2.75, 3.05) is 28.3 Å². The van der Waals surface area contributed by atoms with Crippen molar-refractivity contribution in [1.29, 1.82) is 0 Å². The molecule has 0 spiro atoms. The summed E-state index contributed by atoms with van der Waals surface area (Å²) in [5.41, 5.74) is 5.30. The summed E-state index contributed by atoms with van der Waals surface area (Å²) in [6, 6.07) is 9.89. The van der Waals surface area contributed by atoms with Gasteiger partial charge >= 0.3 is 0 Å². The van der Waals surface area contributed by atoms with Crippen LogP contribution in [0.4, 0.5) is 22.9 Å². The standard InChI is InChI=1S/C28H27N5O4.H2/c1-15-8-19-14-36-27-23(33(19)28(15)35)9-17(12-30-27)31-25-11-21-16(2)37-24-10-18(32-7-3-4-26(32)34)5-6-20(24)22(21)13-29-25;/h5-6,9-13,15-16,19H,3-4,7-8,14H2,1-2H3,(H,29,31);1H/t15?,16?,19-;/m0./s1. The smallest absolute Gasteiger partial charge is 0.238 e. The molecule has 3 atom stereocenters. The first kappa shape index (κ1) is 22.1.